The lowest BCUT2D eigenvalue weighted by atomic mass is 10.1. The second-order valence-corrected chi connectivity index (χ2v) is 5.98. The number of carbonyl (C=O) groups is 3. The van der Waals surface area contributed by atoms with Crippen molar-refractivity contribution in [3.05, 3.63) is 90.0 Å². The molecule has 3 rings (SSSR count). The number of primary amides is 1. The number of rotatable bonds is 7. The van der Waals surface area contributed by atoms with Crippen molar-refractivity contribution in [2.45, 2.75) is 0 Å². The average molecular weight is 390 g/mol. The van der Waals surface area contributed by atoms with Crippen LogP contribution in [0.3, 0.4) is 0 Å². The number of hydrogen-bond donors (Lipinski definition) is 2. The van der Waals surface area contributed by atoms with Crippen LogP contribution >= 0.6 is 0 Å². The monoisotopic (exact) mass is 390 g/mol. The van der Waals surface area contributed by atoms with Crippen molar-refractivity contribution < 1.29 is 23.9 Å². The SMILES string of the molecule is NC(=O)c1ccccc1NC(=O)COC(=O)c1cccc(Oc2ccccc2)c1. The van der Waals surface area contributed by atoms with E-state index < -0.39 is 24.4 Å². The topological polar surface area (TPSA) is 108 Å². The summed E-state index contributed by atoms with van der Waals surface area (Å²) < 4.78 is 10.7. The van der Waals surface area contributed by atoms with Crippen LogP contribution in [0.2, 0.25) is 0 Å². The molecule has 7 heteroatoms. The van der Waals surface area contributed by atoms with Crippen LogP contribution in [-0.2, 0) is 9.53 Å². The summed E-state index contributed by atoms with van der Waals surface area (Å²) in [5.41, 5.74) is 5.92. The molecule has 0 atom stereocenters. The molecule has 0 unspecified atom stereocenters. The first-order valence-electron chi connectivity index (χ1n) is 8.72. The molecule has 0 bridgehead atoms. The number of anilines is 1. The lowest BCUT2D eigenvalue weighted by molar-refractivity contribution is -0.119. The normalized spacial score (nSPS) is 10.1. The summed E-state index contributed by atoms with van der Waals surface area (Å²) in [4.78, 5) is 35.7. The van der Waals surface area contributed by atoms with E-state index in [0.29, 0.717) is 11.5 Å². The van der Waals surface area contributed by atoms with Gasteiger partial charge in [0.15, 0.2) is 6.61 Å². The molecule has 3 aromatic carbocycles. The van der Waals surface area contributed by atoms with E-state index in [2.05, 4.69) is 5.32 Å². The first-order valence-corrected chi connectivity index (χ1v) is 8.72. The van der Waals surface area contributed by atoms with E-state index in [4.69, 9.17) is 15.2 Å². The summed E-state index contributed by atoms with van der Waals surface area (Å²) in [5.74, 6) is -0.852. The number of ether oxygens (including phenoxy) is 2. The Morgan fingerprint density at radius 3 is 2.28 bits per heavy atom. The predicted octanol–water partition coefficient (Wildman–Crippen LogP) is 3.37. The maximum atomic E-state index is 12.2. The molecule has 0 spiro atoms. The summed E-state index contributed by atoms with van der Waals surface area (Å²) in [5, 5.41) is 2.50. The van der Waals surface area contributed by atoms with E-state index in [-0.39, 0.29) is 16.8 Å². The molecule has 0 radical (unpaired) electrons. The van der Waals surface area contributed by atoms with E-state index in [0.717, 1.165) is 0 Å². The Labute approximate surface area is 167 Å². The quantitative estimate of drug-likeness (QED) is 0.602. The van der Waals surface area contributed by atoms with E-state index in [1.807, 2.05) is 18.2 Å². The van der Waals surface area contributed by atoms with Crippen molar-refractivity contribution in [3.63, 3.8) is 0 Å². The van der Waals surface area contributed by atoms with Crippen molar-refractivity contribution in [1.82, 2.24) is 0 Å². The van der Waals surface area contributed by atoms with Gasteiger partial charge in [-0.05, 0) is 42.5 Å². The van der Waals surface area contributed by atoms with Crippen LogP contribution < -0.4 is 15.8 Å². The molecular weight excluding hydrogens is 372 g/mol. The number of carbonyl (C=O) groups excluding carboxylic acids is 3. The van der Waals surface area contributed by atoms with Gasteiger partial charge in [0, 0.05) is 0 Å². The largest absolute Gasteiger partial charge is 0.457 e. The second-order valence-electron chi connectivity index (χ2n) is 5.98. The lowest BCUT2D eigenvalue weighted by Crippen LogP contribution is -2.23. The van der Waals surface area contributed by atoms with E-state index in [1.54, 1.807) is 42.5 Å². The van der Waals surface area contributed by atoms with Crippen LogP contribution in [0.1, 0.15) is 20.7 Å². The Balaban J connectivity index is 1.59. The predicted molar refractivity (Wildman–Crippen MR) is 107 cm³/mol. The Hall–Kier alpha value is -4.13. The molecule has 2 amide bonds. The van der Waals surface area contributed by atoms with Crippen LogP contribution in [0.4, 0.5) is 5.69 Å². The zero-order valence-corrected chi connectivity index (χ0v) is 15.3. The van der Waals surface area contributed by atoms with Gasteiger partial charge in [0.2, 0.25) is 0 Å². The Bertz CT molecular complexity index is 1030. The molecule has 3 N–H and O–H groups in total. The molecule has 0 heterocycles. The van der Waals surface area contributed by atoms with Gasteiger partial charge in [0.25, 0.3) is 11.8 Å². The van der Waals surface area contributed by atoms with Gasteiger partial charge in [0.05, 0.1) is 16.8 Å². The number of esters is 1. The summed E-state index contributed by atoms with van der Waals surface area (Å²) >= 11 is 0. The standard InChI is InChI=1S/C22H18N2O5/c23-21(26)18-11-4-5-12-19(18)24-20(25)14-28-22(27)15-7-6-10-17(13-15)29-16-8-2-1-3-9-16/h1-13H,14H2,(H2,23,26)(H,24,25). The summed E-state index contributed by atoms with van der Waals surface area (Å²) in [6, 6.07) is 21.8. The number of hydrogen-bond acceptors (Lipinski definition) is 5. The van der Waals surface area contributed by atoms with Gasteiger partial charge >= 0.3 is 5.97 Å². The molecule has 0 fully saturated rings. The maximum Gasteiger partial charge on any atom is 0.338 e. The van der Waals surface area contributed by atoms with Crippen molar-refractivity contribution in [3.8, 4) is 11.5 Å². The summed E-state index contributed by atoms with van der Waals surface area (Å²) in [6.07, 6.45) is 0. The van der Waals surface area contributed by atoms with Crippen LogP contribution in [0.5, 0.6) is 11.5 Å². The molecule has 0 aromatic heterocycles. The fourth-order valence-electron chi connectivity index (χ4n) is 2.52. The molecule has 0 saturated heterocycles. The molecule has 7 nitrogen and oxygen atoms in total. The first kappa shape index (κ1) is 19.6. The highest BCUT2D eigenvalue weighted by Gasteiger charge is 2.14. The third-order valence-corrected chi connectivity index (χ3v) is 3.85. The van der Waals surface area contributed by atoms with Crippen LogP contribution in [0.25, 0.3) is 0 Å². The zero-order chi connectivity index (χ0) is 20.6. The third-order valence-electron chi connectivity index (χ3n) is 3.85. The molecule has 0 aliphatic carbocycles. The van der Waals surface area contributed by atoms with Gasteiger partial charge in [-0.15, -0.1) is 0 Å². The highest BCUT2D eigenvalue weighted by molar-refractivity contribution is 6.03. The Morgan fingerprint density at radius 2 is 1.52 bits per heavy atom. The van der Waals surface area contributed by atoms with Crippen LogP contribution in [-0.4, -0.2) is 24.4 Å². The average Bonchev–Trinajstić information content (AvgIpc) is 2.73. The number of para-hydroxylation sites is 2. The van der Waals surface area contributed by atoms with Gasteiger partial charge < -0.3 is 20.5 Å². The number of benzene rings is 3. The molecular formula is C22H18N2O5. The van der Waals surface area contributed by atoms with Gasteiger partial charge in [-0.25, -0.2) is 4.79 Å². The van der Waals surface area contributed by atoms with E-state index in [1.165, 1.54) is 18.2 Å². The Kier molecular flexibility index (Phi) is 6.22. The highest BCUT2D eigenvalue weighted by Crippen LogP contribution is 2.22. The van der Waals surface area contributed by atoms with Gasteiger partial charge in [-0.3, -0.25) is 9.59 Å². The second kappa shape index (κ2) is 9.18. The Morgan fingerprint density at radius 1 is 0.828 bits per heavy atom. The number of nitrogens with one attached hydrogen (secondary N) is 1. The smallest absolute Gasteiger partial charge is 0.338 e. The molecule has 0 aliphatic rings. The van der Waals surface area contributed by atoms with Crippen molar-refractivity contribution in [1.29, 1.82) is 0 Å². The van der Waals surface area contributed by atoms with E-state index in [9.17, 15) is 14.4 Å². The zero-order valence-electron chi connectivity index (χ0n) is 15.3. The van der Waals surface area contributed by atoms with Crippen molar-refractivity contribution >= 4 is 23.5 Å². The van der Waals surface area contributed by atoms with Gasteiger partial charge in [-0.2, -0.15) is 0 Å². The fourth-order valence-corrected chi connectivity index (χ4v) is 2.52. The van der Waals surface area contributed by atoms with Gasteiger partial charge in [-0.1, -0.05) is 36.4 Å². The maximum absolute atomic E-state index is 12.2. The molecule has 29 heavy (non-hydrogen) atoms. The first-order chi connectivity index (χ1) is 14.0. The van der Waals surface area contributed by atoms with Crippen LogP contribution in [0.15, 0.2) is 78.9 Å². The van der Waals surface area contributed by atoms with Crippen molar-refractivity contribution in [2.75, 3.05) is 11.9 Å². The minimum absolute atomic E-state index is 0.165. The van der Waals surface area contributed by atoms with E-state index >= 15 is 0 Å². The lowest BCUT2D eigenvalue weighted by Gasteiger charge is -2.10. The molecule has 0 saturated carbocycles. The minimum Gasteiger partial charge on any atom is -0.457 e. The van der Waals surface area contributed by atoms with Gasteiger partial charge in [0.1, 0.15) is 11.5 Å². The minimum atomic E-state index is -0.679. The summed E-state index contributed by atoms with van der Waals surface area (Å²) in [6.45, 7) is -0.518. The number of nitrogens with two attached hydrogens (primary N) is 1. The molecule has 146 valence electrons. The van der Waals surface area contributed by atoms with Crippen LogP contribution in [0, 0.1) is 0 Å². The molecule has 0 aliphatic heterocycles. The third kappa shape index (κ3) is 5.43. The summed E-state index contributed by atoms with van der Waals surface area (Å²) in [7, 11) is 0. The van der Waals surface area contributed by atoms with Crippen molar-refractivity contribution in [2.24, 2.45) is 5.73 Å². The highest BCUT2D eigenvalue weighted by atomic mass is 16.5. The molecule has 3 aromatic rings. The number of amides is 2. The fraction of sp³-hybridized carbons (Fsp3) is 0.0455.